The highest BCUT2D eigenvalue weighted by Crippen LogP contribution is 2.41. The Morgan fingerprint density at radius 1 is 1.64 bits per heavy atom. The van der Waals surface area contributed by atoms with Gasteiger partial charge in [0.25, 0.3) is 5.91 Å². The van der Waals surface area contributed by atoms with Gasteiger partial charge in [-0.3, -0.25) is 4.79 Å². The van der Waals surface area contributed by atoms with Crippen molar-refractivity contribution in [2.24, 2.45) is 5.73 Å². The molecule has 1 aromatic rings. The van der Waals surface area contributed by atoms with Gasteiger partial charge >= 0.3 is 0 Å². The van der Waals surface area contributed by atoms with Crippen LogP contribution in [0.25, 0.3) is 0 Å². The molecule has 0 atom stereocenters. The van der Waals surface area contributed by atoms with E-state index in [2.05, 4.69) is 0 Å². The predicted octanol–water partition coefficient (Wildman–Crippen LogP) is 1.26. The first-order chi connectivity index (χ1) is 5.29. The van der Waals surface area contributed by atoms with Gasteiger partial charge in [0, 0.05) is 5.92 Å². The number of carbonyl (C=O) groups excluding carboxylic acids is 1. The van der Waals surface area contributed by atoms with E-state index in [0.29, 0.717) is 11.5 Å². The molecule has 0 radical (unpaired) electrons. The van der Waals surface area contributed by atoms with Crippen molar-refractivity contribution in [3.05, 3.63) is 23.7 Å². The van der Waals surface area contributed by atoms with E-state index in [0.717, 1.165) is 18.6 Å². The first-order valence-corrected chi connectivity index (χ1v) is 3.66. The van der Waals surface area contributed by atoms with Crippen molar-refractivity contribution in [2.45, 2.75) is 18.8 Å². The summed E-state index contributed by atoms with van der Waals surface area (Å²) in [5.41, 5.74) is 5.67. The van der Waals surface area contributed by atoms with Crippen molar-refractivity contribution in [3.8, 4) is 0 Å². The van der Waals surface area contributed by atoms with Crippen LogP contribution in [-0.4, -0.2) is 5.91 Å². The second kappa shape index (κ2) is 2.12. The zero-order valence-electron chi connectivity index (χ0n) is 6.04. The Balaban J connectivity index is 2.37. The van der Waals surface area contributed by atoms with Crippen LogP contribution in [0.5, 0.6) is 0 Å². The zero-order valence-corrected chi connectivity index (χ0v) is 6.04. The average molecular weight is 151 g/mol. The molecule has 0 saturated heterocycles. The predicted molar refractivity (Wildman–Crippen MR) is 39.2 cm³/mol. The lowest BCUT2D eigenvalue weighted by atomic mass is 10.2. The molecule has 58 valence electrons. The van der Waals surface area contributed by atoms with E-state index >= 15 is 0 Å². The van der Waals surface area contributed by atoms with Crippen LogP contribution in [0.15, 0.2) is 16.7 Å². The highest BCUT2D eigenvalue weighted by Gasteiger charge is 2.30. The maximum absolute atomic E-state index is 10.8. The van der Waals surface area contributed by atoms with E-state index in [4.69, 9.17) is 10.2 Å². The first-order valence-electron chi connectivity index (χ1n) is 3.66. The summed E-state index contributed by atoms with van der Waals surface area (Å²) < 4.78 is 5.15. The van der Waals surface area contributed by atoms with Crippen LogP contribution in [0.1, 0.15) is 34.9 Å². The molecule has 0 aliphatic heterocycles. The van der Waals surface area contributed by atoms with Gasteiger partial charge in [0.2, 0.25) is 0 Å². The van der Waals surface area contributed by atoms with Gasteiger partial charge in [-0.05, 0) is 18.9 Å². The zero-order chi connectivity index (χ0) is 7.84. The van der Waals surface area contributed by atoms with E-state index in [1.54, 1.807) is 6.07 Å². The fraction of sp³-hybridized carbons (Fsp3) is 0.375. The van der Waals surface area contributed by atoms with Gasteiger partial charge < -0.3 is 10.2 Å². The van der Waals surface area contributed by atoms with Crippen LogP contribution in [-0.2, 0) is 0 Å². The lowest BCUT2D eigenvalue weighted by Crippen LogP contribution is -2.11. The molecule has 2 rings (SSSR count). The molecular weight excluding hydrogens is 142 g/mol. The van der Waals surface area contributed by atoms with E-state index in [1.165, 1.54) is 6.26 Å². The number of carbonyl (C=O) groups is 1. The second-order valence-corrected chi connectivity index (χ2v) is 2.84. The van der Waals surface area contributed by atoms with Crippen molar-refractivity contribution < 1.29 is 9.21 Å². The van der Waals surface area contributed by atoms with Crippen molar-refractivity contribution in [1.82, 2.24) is 0 Å². The number of primary amides is 1. The smallest absolute Gasteiger partial charge is 0.252 e. The van der Waals surface area contributed by atoms with E-state index in [1.807, 2.05) is 0 Å². The van der Waals surface area contributed by atoms with Crippen molar-refractivity contribution >= 4 is 5.91 Å². The Morgan fingerprint density at radius 3 is 2.91 bits per heavy atom. The molecular formula is C8H9NO2. The summed E-state index contributed by atoms with van der Waals surface area (Å²) in [6.07, 6.45) is 3.76. The molecule has 1 aromatic heterocycles. The maximum atomic E-state index is 10.8. The Kier molecular flexibility index (Phi) is 1.24. The van der Waals surface area contributed by atoms with E-state index < -0.39 is 0 Å². The first kappa shape index (κ1) is 6.46. The highest BCUT2D eigenvalue weighted by molar-refractivity contribution is 5.94. The molecule has 1 amide bonds. The van der Waals surface area contributed by atoms with Crippen LogP contribution in [0.4, 0.5) is 0 Å². The van der Waals surface area contributed by atoms with Crippen LogP contribution in [0, 0.1) is 0 Å². The Bertz CT molecular complexity index is 286. The summed E-state index contributed by atoms with van der Waals surface area (Å²) in [7, 11) is 0. The molecule has 2 N–H and O–H groups in total. The summed E-state index contributed by atoms with van der Waals surface area (Å²) in [6, 6.07) is 1.63. The van der Waals surface area contributed by atoms with Gasteiger partial charge in [-0.2, -0.15) is 0 Å². The fourth-order valence-corrected chi connectivity index (χ4v) is 1.19. The van der Waals surface area contributed by atoms with Gasteiger partial charge in [0.1, 0.15) is 5.76 Å². The Morgan fingerprint density at radius 2 is 2.36 bits per heavy atom. The van der Waals surface area contributed by atoms with Gasteiger partial charge in [-0.1, -0.05) is 0 Å². The third kappa shape index (κ3) is 1.02. The Labute approximate surface area is 64.2 Å². The van der Waals surface area contributed by atoms with Crippen molar-refractivity contribution in [3.63, 3.8) is 0 Å². The topological polar surface area (TPSA) is 56.2 Å². The molecule has 0 spiro atoms. The van der Waals surface area contributed by atoms with Crippen LogP contribution in [0.2, 0.25) is 0 Å². The maximum Gasteiger partial charge on any atom is 0.252 e. The molecule has 1 saturated carbocycles. The van der Waals surface area contributed by atoms with E-state index in [9.17, 15) is 4.79 Å². The fourth-order valence-electron chi connectivity index (χ4n) is 1.19. The minimum absolute atomic E-state index is 0.388. The molecule has 11 heavy (non-hydrogen) atoms. The van der Waals surface area contributed by atoms with Gasteiger partial charge in [-0.25, -0.2) is 0 Å². The number of nitrogens with two attached hydrogens (primary N) is 1. The highest BCUT2D eigenvalue weighted by atomic mass is 16.3. The van der Waals surface area contributed by atoms with Gasteiger partial charge in [0.05, 0.1) is 11.8 Å². The number of rotatable bonds is 2. The summed E-state index contributed by atoms with van der Waals surface area (Å²) in [5.74, 6) is 0.839. The molecule has 3 heteroatoms. The lowest BCUT2D eigenvalue weighted by Gasteiger charge is -1.93. The summed E-state index contributed by atoms with van der Waals surface area (Å²) >= 11 is 0. The summed E-state index contributed by atoms with van der Waals surface area (Å²) in [4.78, 5) is 10.8. The number of furan rings is 1. The average Bonchev–Trinajstić information content (AvgIpc) is 2.68. The number of amides is 1. The minimum Gasteiger partial charge on any atom is -0.468 e. The van der Waals surface area contributed by atoms with E-state index in [-0.39, 0.29) is 5.91 Å². The largest absolute Gasteiger partial charge is 0.468 e. The lowest BCUT2D eigenvalue weighted by molar-refractivity contribution is 0.0998. The van der Waals surface area contributed by atoms with Gasteiger partial charge in [-0.15, -0.1) is 0 Å². The third-order valence-electron chi connectivity index (χ3n) is 1.91. The molecule has 3 nitrogen and oxygen atoms in total. The molecule has 0 aromatic carbocycles. The normalized spacial score (nSPS) is 16.7. The number of hydrogen-bond donors (Lipinski definition) is 1. The monoisotopic (exact) mass is 151 g/mol. The molecule has 0 bridgehead atoms. The number of hydrogen-bond acceptors (Lipinski definition) is 2. The molecule has 1 fully saturated rings. The van der Waals surface area contributed by atoms with Gasteiger partial charge in [0.15, 0.2) is 0 Å². The molecule has 1 aliphatic rings. The quantitative estimate of drug-likeness (QED) is 0.691. The Hall–Kier alpha value is -1.25. The SMILES string of the molecule is NC(=O)c1ccoc1C1CC1. The van der Waals surface area contributed by atoms with Crippen LogP contribution >= 0.6 is 0 Å². The molecule has 1 heterocycles. The third-order valence-corrected chi connectivity index (χ3v) is 1.91. The van der Waals surface area contributed by atoms with Crippen molar-refractivity contribution in [1.29, 1.82) is 0 Å². The van der Waals surface area contributed by atoms with Crippen molar-refractivity contribution in [2.75, 3.05) is 0 Å². The van der Waals surface area contributed by atoms with Crippen LogP contribution in [0.3, 0.4) is 0 Å². The van der Waals surface area contributed by atoms with Crippen LogP contribution < -0.4 is 5.73 Å². The summed E-state index contributed by atoms with van der Waals surface area (Å²) in [5, 5.41) is 0. The molecule has 1 aliphatic carbocycles. The molecule has 0 unspecified atom stereocenters. The minimum atomic E-state index is -0.388. The standard InChI is InChI=1S/C8H9NO2/c9-8(10)6-3-4-11-7(6)5-1-2-5/h3-5H,1-2H2,(H2,9,10). The second-order valence-electron chi connectivity index (χ2n) is 2.84. The summed E-state index contributed by atoms with van der Waals surface area (Å²) in [6.45, 7) is 0.